The fourth-order valence-electron chi connectivity index (χ4n) is 0.608. The van der Waals surface area contributed by atoms with E-state index in [0.717, 1.165) is 0 Å². The summed E-state index contributed by atoms with van der Waals surface area (Å²) in [6.07, 6.45) is 6.59. The van der Waals surface area contributed by atoms with Crippen LogP contribution in [0.4, 0.5) is 0 Å². The van der Waals surface area contributed by atoms with E-state index < -0.39 is 0 Å². The number of carbonyl (C=O) groups excluding carboxylic acids is 1. The molecule has 0 aromatic rings. The summed E-state index contributed by atoms with van der Waals surface area (Å²) in [5.74, 6) is 2.15. The van der Waals surface area contributed by atoms with Gasteiger partial charge in [0.05, 0.1) is 5.92 Å². The molecule has 0 N–H and O–H groups in total. The summed E-state index contributed by atoms with van der Waals surface area (Å²) in [5.41, 5.74) is 0. The highest BCUT2D eigenvalue weighted by Gasteiger charge is 2.20. The molecule has 0 spiro atoms. The van der Waals surface area contributed by atoms with Crippen LogP contribution in [0.3, 0.4) is 0 Å². The van der Waals surface area contributed by atoms with Crippen molar-refractivity contribution in [1.29, 1.82) is 0 Å². The molecule has 0 bridgehead atoms. The van der Waals surface area contributed by atoms with Crippen LogP contribution < -0.4 is 0 Å². The van der Waals surface area contributed by atoms with Crippen LogP contribution in [0, 0.1) is 18.3 Å². The summed E-state index contributed by atoms with van der Waals surface area (Å²) in [4.78, 5) is 10.6. The molecule has 1 aliphatic heterocycles. The molecule has 1 atom stereocenters. The van der Waals surface area contributed by atoms with Gasteiger partial charge in [0.1, 0.15) is 0 Å². The zero-order valence-electron chi connectivity index (χ0n) is 5.05. The third kappa shape index (κ3) is 0.945. The number of terminal acetylenes is 1. The van der Waals surface area contributed by atoms with Gasteiger partial charge in [-0.05, 0) is 18.9 Å². The first-order valence-electron chi connectivity index (χ1n) is 2.64. The normalized spacial score (nSPS) is 24.7. The predicted octanol–water partition coefficient (Wildman–Crippen LogP) is 0.696. The molecule has 0 aromatic heterocycles. The van der Waals surface area contributed by atoms with Crippen molar-refractivity contribution in [3.8, 4) is 12.3 Å². The fraction of sp³-hybridized carbons (Fsp3) is 0.286. The molecule has 0 fully saturated rings. The van der Waals surface area contributed by atoms with Gasteiger partial charge in [-0.3, -0.25) is 4.79 Å². The Morgan fingerprint density at radius 3 is 2.78 bits per heavy atom. The zero-order chi connectivity index (χ0) is 6.85. The summed E-state index contributed by atoms with van der Waals surface area (Å²) in [5, 5.41) is 0. The molecule has 0 saturated carbocycles. The second kappa shape index (κ2) is 1.94. The minimum absolute atomic E-state index is 0.170. The van der Waals surface area contributed by atoms with Crippen molar-refractivity contribution in [3.63, 3.8) is 0 Å². The third-order valence-corrected chi connectivity index (χ3v) is 1.13. The van der Waals surface area contributed by atoms with Gasteiger partial charge in [0.15, 0.2) is 5.76 Å². The van der Waals surface area contributed by atoms with Gasteiger partial charge in [-0.1, -0.05) is 0 Å². The fourth-order valence-corrected chi connectivity index (χ4v) is 0.608. The molecule has 0 amide bonds. The van der Waals surface area contributed by atoms with E-state index in [1.54, 1.807) is 13.0 Å². The number of ether oxygens (including phenoxy) is 1. The second-order valence-corrected chi connectivity index (χ2v) is 1.89. The molecular weight excluding hydrogens is 116 g/mol. The van der Waals surface area contributed by atoms with E-state index in [1.165, 1.54) is 0 Å². The number of esters is 1. The monoisotopic (exact) mass is 122 g/mol. The van der Waals surface area contributed by atoms with Crippen LogP contribution in [-0.2, 0) is 9.53 Å². The van der Waals surface area contributed by atoms with E-state index >= 15 is 0 Å². The van der Waals surface area contributed by atoms with E-state index in [1.807, 2.05) is 0 Å². The summed E-state index contributed by atoms with van der Waals surface area (Å²) >= 11 is 0. The van der Waals surface area contributed by atoms with Crippen LogP contribution in [0.2, 0.25) is 0 Å². The Morgan fingerprint density at radius 2 is 2.56 bits per heavy atom. The maximum Gasteiger partial charge on any atom is 0.318 e. The smallest absolute Gasteiger partial charge is 0.318 e. The number of carbonyl (C=O) groups is 1. The second-order valence-electron chi connectivity index (χ2n) is 1.89. The highest BCUT2D eigenvalue weighted by Crippen LogP contribution is 2.15. The lowest BCUT2D eigenvalue weighted by Gasteiger charge is -1.91. The van der Waals surface area contributed by atoms with Gasteiger partial charge in [-0.2, -0.15) is 0 Å². The Labute approximate surface area is 53.5 Å². The van der Waals surface area contributed by atoms with Gasteiger partial charge in [-0.15, -0.1) is 6.42 Å². The van der Waals surface area contributed by atoms with E-state index in [9.17, 15) is 4.79 Å². The summed E-state index contributed by atoms with van der Waals surface area (Å²) < 4.78 is 4.61. The number of cyclic esters (lactones) is 1. The standard InChI is InChI=1S/C7H6O2/c1-3-6-4-5(2)7(8)9-6/h1,4-5H,2H3. The van der Waals surface area contributed by atoms with Crippen LogP contribution in [0.15, 0.2) is 11.8 Å². The lowest BCUT2D eigenvalue weighted by Crippen LogP contribution is -2.02. The predicted molar refractivity (Wildman–Crippen MR) is 32.2 cm³/mol. The molecule has 1 heterocycles. The number of rotatable bonds is 0. The van der Waals surface area contributed by atoms with Crippen LogP contribution >= 0.6 is 0 Å². The number of allylic oxidation sites excluding steroid dienone is 1. The van der Waals surface area contributed by atoms with E-state index in [-0.39, 0.29) is 11.9 Å². The van der Waals surface area contributed by atoms with E-state index in [0.29, 0.717) is 5.76 Å². The van der Waals surface area contributed by atoms with Crippen molar-refractivity contribution in [2.75, 3.05) is 0 Å². The topological polar surface area (TPSA) is 26.3 Å². The zero-order valence-corrected chi connectivity index (χ0v) is 5.05. The Balaban J connectivity index is 2.77. The van der Waals surface area contributed by atoms with E-state index in [2.05, 4.69) is 10.7 Å². The van der Waals surface area contributed by atoms with Crippen LogP contribution in [0.5, 0.6) is 0 Å². The highest BCUT2D eigenvalue weighted by atomic mass is 16.5. The number of hydrogen-bond donors (Lipinski definition) is 0. The van der Waals surface area contributed by atoms with Crippen LogP contribution in [-0.4, -0.2) is 5.97 Å². The largest absolute Gasteiger partial charge is 0.417 e. The first kappa shape index (κ1) is 5.90. The van der Waals surface area contributed by atoms with Gasteiger partial charge in [0, 0.05) is 0 Å². The van der Waals surface area contributed by atoms with Gasteiger partial charge in [0.2, 0.25) is 0 Å². The molecule has 1 unspecified atom stereocenters. The molecule has 0 radical (unpaired) electrons. The minimum atomic E-state index is -0.261. The molecule has 9 heavy (non-hydrogen) atoms. The van der Waals surface area contributed by atoms with Crippen molar-refractivity contribution in [2.45, 2.75) is 6.92 Å². The SMILES string of the molecule is C#CC1=CC(C)C(=O)O1. The van der Waals surface area contributed by atoms with Gasteiger partial charge < -0.3 is 4.74 Å². The molecule has 0 aromatic carbocycles. The van der Waals surface area contributed by atoms with Crippen molar-refractivity contribution in [2.24, 2.45) is 5.92 Å². The number of hydrogen-bond acceptors (Lipinski definition) is 2. The lowest BCUT2D eigenvalue weighted by molar-refractivity contribution is -0.139. The first-order valence-corrected chi connectivity index (χ1v) is 2.64. The highest BCUT2D eigenvalue weighted by molar-refractivity contribution is 5.78. The molecule has 0 saturated heterocycles. The molecule has 1 aliphatic rings. The van der Waals surface area contributed by atoms with Crippen molar-refractivity contribution in [3.05, 3.63) is 11.8 Å². The molecule has 0 aliphatic carbocycles. The summed E-state index contributed by atoms with van der Waals surface area (Å²) in [6, 6.07) is 0. The molecule has 2 nitrogen and oxygen atoms in total. The molecular formula is C7H6O2. The Hall–Kier alpha value is -1.23. The maximum absolute atomic E-state index is 10.6. The molecule has 2 heteroatoms. The molecule has 46 valence electrons. The van der Waals surface area contributed by atoms with Gasteiger partial charge >= 0.3 is 5.97 Å². The van der Waals surface area contributed by atoms with Crippen LogP contribution in [0.1, 0.15) is 6.92 Å². The quantitative estimate of drug-likeness (QED) is 0.349. The minimum Gasteiger partial charge on any atom is -0.417 e. The summed E-state index contributed by atoms with van der Waals surface area (Å²) in [7, 11) is 0. The van der Waals surface area contributed by atoms with Crippen molar-refractivity contribution in [1.82, 2.24) is 0 Å². The Kier molecular flexibility index (Phi) is 1.27. The average molecular weight is 122 g/mol. The maximum atomic E-state index is 10.6. The first-order chi connectivity index (χ1) is 4.24. The van der Waals surface area contributed by atoms with Crippen molar-refractivity contribution < 1.29 is 9.53 Å². The molecule has 1 rings (SSSR count). The third-order valence-electron chi connectivity index (χ3n) is 1.13. The van der Waals surface area contributed by atoms with Gasteiger partial charge in [0.25, 0.3) is 0 Å². The van der Waals surface area contributed by atoms with Gasteiger partial charge in [-0.25, -0.2) is 0 Å². The van der Waals surface area contributed by atoms with E-state index in [4.69, 9.17) is 6.42 Å². The van der Waals surface area contributed by atoms with Crippen molar-refractivity contribution >= 4 is 5.97 Å². The van der Waals surface area contributed by atoms with Crippen LogP contribution in [0.25, 0.3) is 0 Å². The summed E-state index contributed by atoms with van der Waals surface area (Å²) in [6.45, 7) is 1.74. The Bertz CT molecular complexity index is 207. The average Bonchev–Trinajstić information content (AvgIpc) is 2.13. The lowest BCUT2D eigenvalue weighted by atomic mass is 10.2. The Morgan fingerprint density at radius 1 is 1.89 bits per heavy atom.